The highest BCUT2D eigenvalue weighted by atomic mass is 35.5. The summed E-state index contributed by atoms with van der Waals surface area (Å²) < 4.78 is 0. The van der Waals surface area contributed by atoms with Crippen molar-refractivity contribution in [3.8, 4) is 0 Å². The van der Waals surface area contributed by atoms with Crippen LogP contribution in [0.25, 0.3) is 0 Å². The first-order valence-corrected chi connectivity index (χ1v) is 7.71. The van der Waals surface area contributed by atoms with Crippen molar-refractivity contribution >= 4 is 40.3 Å². The lowest BCUT2D eigenvalue weighted by molar-refractivity contribution is 1.30. The van der Waals surface area contributed by atoms with Crippen LogP contribution in [-0.2, 0) is 0 Å². The number of hydrogen-bond donors (Lipinski definition) is 1. The largest absolute Gasteiger partial charge is 0.398 e. The van der Waals surface area contributed by atoms with Crippen LogP contribution in [-0.4, -0.2) is 10.7 Å². The second-order valence-electron chi connectivity index (χ2n) is 4.87. The van der Waals surface area contributed by atoms with Crippen LogP contribution >= 0.6 is 23.2 Å². The number of pyridine rings is 1. The first-order valence-electron chi connectivity index (χ1n) is 6.95. The number of rotatable bonds is 3. The smallest absolute Gasteiger partial charge is 0.154 e. The summed E-state index contributed by atoms with van der Waals surface area (Å²) in [6.45, 7) is 0. The molecular formula is C18H13Cl2N3. The van der Waals surface area contributed by atoms with Crippen molar-refractivity contribution in [1.29, 1.82) is 0 Å². The molecule has 5 heteroatoms. The number of halogens is 2. The molecule has 0 saturated heterocycles. The number of nitrogens with two attached hydrogens (primary N) is 1. The third-order valence-electron chi connectivity index (χ3n) is 3.31. The van der Waals surface area contributed by atoms with Crippen molar-refractivity contribution < 1.29 is 0 Å². The highest BCUT2D eigenvalue weighted by Gasteiger charge is 2.11. The van der Waals surface area contributed by atoms with Gasteiger partial charge in [-0.15, -0.1) is 0 Å². The van der Waals surface area contributed by atoms with Crippen molar-refractivity contribution in [3.05, 3.63) is 88.2 Å². The summed E-state index contributed by atoms with van der Waals surface area (Å²) >= 11 is 12.1. The van der Waals surface area contributed by atoms with E-state index < -0.39 is 0 Å². The van der Waals surface area contributed by atoms with Gasteiger partial charge in [-0.25, -0.2) is 9.98 Å². The van der Waals surface area contributed by atoms with Gasteiger partial charge in [0.05, 0.1) is 5.71 Å². The van der Waals surface area contributed by atoms with E-state index in [4.69, 9.17) is 28.9 Å². The van der Waals surface area contributed by atoms with Crippen LogP contribution in [0.15, 0.2) is 71.9 Å². The van der Waals surface area contributed by atoms with Gasteiger partial charge in [0.1, 0.15) is 5.69 Å². The lowest BCUT2D eigenvalue weighted by Crippen LogP contribution is -2.06. The quantitative estimate of drug-likeness (QED) is 0.407. The molecule has 0 bridgehead atoms. The Labute approximate surface area is 144 Å². The highest BCUT2D eigenvalue weighted by molar-refractivity contribution is 6.32. The Bertz CT molecular complexity index is 858. The minimum absolute atomic E-state index is 0.341. The topological polar surface area (TPSA) is 51.3 Å². The Kier molecular flexibility index (Phi) is 4.60. The molecule has 0 aliphatic carbocycles. The van der Waals surface area contributed by atoms with E-state index in [-0.39, 0.29) is 0 Å². The van der Waals surface area contributed by atoms with Gasteiger partial charge in [0.15, 0.2) is 5.15 Å². The number of aromatic nitrogens is 1. The van der Waals surface area contributed by atoms with Gasteiger partial charge in [0.25, 0.3) is 0 Å². The number of aliphatic imine (C=N–C) groups is 1. The maximum atomic E-state index is 6.14. The van der Waals surface area contributed by atoms with Crippen molar-refractivity contribution in [3.63, 3.8) is 0 Å². The van der Waals surface area contributed by atoms with Crippen LogP contribution in [0.3, 0.4) is 0 Å². The fraction of sp³-hybridized carbons (Fsp3) is 0. The van der Waals surface area contributed by atoms with E-state index in [1.165, 1.54) is 0 Å². The van der Waals surface area contributed by atoms with Crippen molar-refractivity contribution in [1.82, 2.24) is 4.98 Å². The molecule has 3 nitrogen and oxygen atoms in total. The van der Waals surface area contributed by atoms with Crippen molar-refractivity contribution in [2.45, 2.75) is 0 Å². The molecule has 1 aromatic heterocycles. The van der Waals surface area contributed by atoms with Crippen molar-refractivity contribution in [2.75, 3.05) is 5.73 Å². The lowest BCUT2D eigenvalue weighted by Gasteiger charge is -2.11. The van der Waals surface area contributed by atoms with Gasteiger partial charge in [0, 0.05) is 28.0 Å². The van der Waals surface area contributed by atoms with E-state index in [0.717, 1.165) is 16.8 Å². The average Bonchev–Trinajstić information content (AvgIpc) is 2.56. The molecule has 0 aliphatic rings. The van der Waals surface area contributed by atoms with E-state index in [1.54, 1.807) is 12.3 Å². The number of hydrogen-bond acceptors (Lipinski definition) is 3. The Morgan fingerprint density at radius 2 is 1.65 bits per heavy atom. The second-order valence-corrected chi connectivity index (χ2v) is 5.66. The number of para-hydroxylation sites is 1. The maximum absolute atomic E-state index is 6.14. The standard InChI is InChI=1S/C18H13Cl2N3/c19-13-9-7-12(8-10-13)17(14-4-1-2-5-15(14)21)23-16-6-3-11-22-18(16)20/h1-11H,21H2. The van der Waals surface area contributed by atoms with Gasteiger partial charge in [-0.05, 0) is 30.3 Å². The Morgan fingerprint density at radius 3 is 2.35 bits per heavy atom. The summed E-state index contributed by atoms with van der Waals surface area (Å²) in [6.07, 6.45) is 1.63. The van der Waals surface area contributed by atoms with Gasteiger partial charge in [-0.2, -0.15) is 0 Å². The third kappa shape index (κ3) is 3.52. The normalized spacial score (nSPS) is 11.5. The highest BCUT2D eigenvalue weighted by Crippen LogP contribution is 2.26. The van der Waals surface area contributed by atoms with Gasteiger partial charge in [-0.3, -0.25) is 0 Å². The molecule has 1 heterocycles. The summed E-state index contributed by atoms with van der Waals surface area (Å²) in [5.74, 6) is 0. The molecule has 0 atom stereocenters. The Morgan fingerprint density at radius 1 is 0.913 bits per heavy atom. The number of anilines is 1. The zero-order valence-electron chi connectivity index (χ0n) is 12.1. The van der Waals surface area contributed by atoms with Gasteiger partial charge in [0.2, 0.25) is 0 Å². The Balaban J connectivity index is 2.20. The molecule has 0 saturated carbocycles. The van der Waals surface area contributed by atoms with Gasteiger partial charge in [-0.1, -0.05) is 53.5 Å². The molecule has 2 aromatic carbocycles. The predicted octanol–water partition coefficient (Wildman–Crippen LogP) is 5.14. The van der Waals surface area contributed by atoms with Crippen LogP contribution in [0.5, 0.6) is 0 Å². The number of nitrogen functional groups attached to an aromatic ring is 1. The van der Waals surface area contributed by atoms with E-state index in [2.05, 4.69) is 9.98 Å². The summed E-state index contributed by atoms with van der Waals surface area (Å²) in [5.41, 5.74) is 9.79. The second kappa shape index (κ2) is 6.82. The van der Waals surface area contributed by atoms with Crippen LogP contribution in [0.1, 0.15) is 11.1 Å². The Hall–Kier alpha value is -2.36. The summed E-state index contributed by atoms with van der Waals surface area (Å²) in [6, 6.07) is 18.6. The molecule has 3 aromatic rings. The minimum Gasteiger partial charge on any atom is -0.398 e. The van der Waals surface area contributed by atoms with Gasteiger partial charge < -0.3 is 5.73 Å². The van der Waals surface area contributed by atoms with E-state index in [1.807, 2.05) is 54.6 Å². The average molecular weight is 342 g/mol. The minimum atomic E-state index is 0.341. The van der Waals surface area contributed by atoms with E-state index >= 15 is 0 Å². The fourth-order valence-corrected chi connectivity index (χ4v) is 2.47. The molecule has 0 unspecified atom stereocenters. The molecular weight excluding hydrogens is 329 g/mol. The molecule has 3 rings (SSSR count). The number of nitrogens with zero attached hydrogens (tertiary/aromatic N) is 2. The SMILES string of the molecule is Nc1ccccc1C(=Nc1cccnc1Cl)c1ccc(Cl)cc1. The molecule has 0 fully saturated rings. The van der Waals surface area contributed by atoms with Crippen LogP contribution in [0.2, 0.25) is 10.2 Å². The predicted molar refractivity (Wildman–Crippen MR) is 96.9 cm³/mol. The summed E-state index contributed by atoms with van der Waals surface area (Å²) in [4.78, 5) is 8.75. The fourth-order valence-electron chi connectivity index (χ4n) is 2.18. The summed E-state index contributed by atoms with van der Waals surface area (Å²) in [7, 11) is 0. The third-order valence-corrected chi connectivity index (χ3v) is 3.85. The molecule has 0 amide bonds. The van der Waals surface area contributed by atoms with Crippen molar-refractivity contribution in [2.24, 2.45) is 4.99 Å². The lowest BCUT2D eigenvalue weighted by atomic mass is 10.0. The molecule has 114 valence electrons. The molecule has 2 N–H and O–H groups in total. The first-order chi connectivity index (χ1) is 11.1. The zero-order chi connectivity index (χ0) is 16.2. The zero-order valence-corrected chi connectivity index (χ0v) is 13.6. The van der Waals surface area contributed by atoms with Crippen LogP contribution in [0, 0.1) is 0 Å². The molecule has 0 aliphatic heterocycles. The maximum Gasteiger partial charge on any atom is 0.154 e. The molecule has 0 radical (unpaired) electrons. The monoisotopic (exact) mass is 341 g/mol. The van der Waals surface area contributed by atoms with Crippen LogP contribution < -0.4 is 5.73 Å². The number of benzene rings is 2. The van der Waals surface area contributed by atoms with Gasteiger partial charge >= 0.3 is 0 Å². The molecule has 0 spiro atoms. The summed E-state index contributed by atoms with van der Waals surface area (Å²) in [5, 5.41) is 1.00. The molecule has 23 heavy (non-hydrogen) atoms. The first kappa shape index (κ1) is 15.5. The van der Waals surface area contributed by atoms with E-state index in [9.17, 15) is 0 Å². The van der Waals surface area contributed by atoms with E-state index in [0.29, 0.717) is 21.6 Å². The van der Waals surface area contributed by atoms with Crippen LogP contribution in [0.4, 0.5) is 11.4 Å².